The second-order valence-corrected chi connectivity index (χ2v) is 4.85. The summed E-state index contributed by atoms with van der Waals surface area (Å²) in [4.78, 5) is 2.50. The summed E-state index contributed by atoms with van der Waals surface area (Å²) in [5.74, 6) is 0. The van der Waals surface area contributed by atoms with E-state index >= 15 is 0 Å². The lowest BCUT2D eigenvalue weighted by Crippen LogP contribution is -2.33. The molecule has 0 aromatic heterocycles. The number of ether oxygens (including phenoxy) is 3. The molecule has 1 rings (SSSR count). The predicted molar refractivity (Wildman–Crippen MR) is 71.9 cm³/mol. The van der Waals surface area contributed by atoms with Crippen LogP contribution < -0.4 is 0 Å². The van der Waals surface area contributed by atoms with Crippen molar-refractivity contribution < 1.29 is 14.2 Å². The zero-order valence-electron chi connectivity index (χ0n) is 10.7. The maximum Gasteiger partial charge on any atom is 0.0701 e. The van der Waals surface area contributed by atoms with Gasteiger partial charge in [-0.2, -0.15) is 0 Å². The van der Waals surface area contributed by atoms with Gasteiger partial charge in [0, 0.05) is 25.0 Å². The van der Waals surface area contributed by atoms with Crippen LogP contribution in [0.1, 0.15) is 12.8 Å². The first-order valence-corrected chi connectivity index (χ1v) is 7.45. The minimum Gasteiger partial charge on any atom is -0.382 e. The van der Waals surface area contributed by atoms with Gasteiger partial charge in [0.1, 0.15) is 0 Å². The molecular formula is C12H24BrNO3. The molecule has 4 nitrogen and oxygen atoms in total. The molecule has 5 heteroatoms. The summed E-state index contributed by atoms with van der Waals surface area (Å²) in [5, 5.41) is 1.08. The average Bonchev–Trinajstić information content (AvgIpc) is 2.80. The maximum absolute atomic E-state index is 5.55. The van der Waals surface area contributed by atoms with Crippen LogP contribution in [0, 0.1) is 0 Å². The van der Waals surface area contributed by atoms with Gasteiger partial charge in [0.25, 0.3) is 0 Å². The van der Waals surface area contributed by atoms with Crippen LogP contribution >= 0.6 is 15.9 Å². The van der Waals surface area contributed by atoms with Crippen molar-refractivity contribution in [2.45, 2.75) is 18.9 Å². The van der Waals surface area contributed by atoms with Gasteiger partial charge in [0.05, 0.1) is 33.0 Å². The predicted octanol–water partition coefficient (Wildman–Crippen LogP) is 1.53. The fourth-order valence-electron chi connectivity index (χ4n) is 2.01. The van der Waals surface area contributed by atoms with E-state index in [0.717, 1.165) is 18.5 Å². The Morgan fingerprint density at radius 2 is 1.82 bits per heavy atom. The molecule has 1 atom stereocenters. The molecule has 102 valence electrons. The van der Waals surface area contributed by atoms with Crippen molar-refractivity contribution in [3.63, 3.8) is 0 Å². The second kappa shape index (κ2) is 10.3. The smallest absolute Gasteiger partial charge is 0.0701 e. The SMILES string of the molecule is COCCOCCOCCN1CCCC1CBr. The highest BCUT2D eigenvalue weighted by molar-refractivity contribution is 9.09. The minimum absolute atomic E-state index is 0.650. The Kier molecular flexibility index (Phi) is 9.28. The van der Waals surface area contributed by atoms with Crippen LogP contribution in [0.5, 0.6) is 0 Å². The number of hydrogen-bond acceptors (Lipinski definition) is 4. The summed E-state index contributed by atoms with van der Waals surface area (Å²) in [5.41, 5.74) is 0. The molecule has 1 aliphatic rings. The summed E-state index contributed by atoms with van der Waals surface area (Å²) in [6, 6.07) is 0.705. The molecule has 1 heterocycles. The summed E-state index contributed by atoms with van der Waals surface area (Å²) >= 11 is 3.56. The first-order valence-electron chi connectivity index (χ1n) is 6.33. The van der Waals surface area contributed by atoms with Crippen LogP contribution in [0.25, 0.3) is 0 Å². The Bertz CT molecular complexity index is 183. The zero-order valence-corrected chi connectivity index (χ0v) is 12.3. The molecule has 0 saturated carbocycles. The molecule has 1 unspecified atom stereocenters. The van der Waals surface area contributed by atoms with Crippen molar-refractivity contribution >= 4 is 15.9 Å². The first-order chi connectivity index (χ1) is 8.38. The normalized spacial score (nSPS) is 21.2. The number of rotatable bonds is 10. The lowest BCUT2D eigenvalue weighted by atomic mass is 10.2. The average molecular weight is 310 g/mol. The second-order valence-electron chi connectivity index (χ2n) is 4.20. The van der Waals surface area contributed by atoms with Gasteiger partial charge in [-0.1, -0.05) is 15.9 Å². The van der Waals surface area contributed by atoms with E-state index in [1.807, 2.05) is 0 Å². The molecule has 0 aliphatic carbocycles. The van der Waals surface area contributed by atoms with Crippen LogP contribution in [0.4, 0.5) is 0 Å². The molecule has 0 N–H and O–H groups in total. The molecule has 0 amide bonds. The van der Waals surface area contributed by atoms with Crippen molar-refractivity contribution in [1.82, 2.24) is 4.90 Å². The number of alkyl halides is 1. The molecular weight excluding hydrogens is 286 g/mol. The quantitative estimate of drug-likeness (QED) is 0.452. The van der Waals surface area contributed by atoms with Crippen LogP contribution in [0.2, 0.25) is 0 Å². The number of halogens is 1. The van der Waals surface area contributed by atoms with Crippen molar-refractivity contribution in [1.29, 1.82) is 0 Å². The van der Waals surface area contributed by atoms with E-state index in [1.165, 1.54) is 19.4 Å². The fourth-order valence-corrected chi connectivity index (χ4v) is 2.74. The van der Waals surface area contributed by atoms with E-state index < -0.39 is 0 Å². The lowest BCUT2D eigenvalue weighted by molar-refractivity contribution is 0.0192. The van der Waals surface area contributed by atoms with E-state index in [9.17, 15) is 0 Å². The third-order valence-electron chi connectivity index (χ3n) is 3.00. The van der Waals surface area contributed by atoms with Gasteiger partial charge in [0.15, 0.2) is 0 Å². The third-order valence-corrected chi connectivity index (χ3v) is 3.75. The Labute approximate surface area is 113 Å². The highest BCUT2D eigenvalue weighted by Gasteiger charge is 2.22. The topological polar surface area (TPSA) is 30.9 Å². The fraction of sp³-hybridized carbons (Fsp3) is 1.00. The third kappa shape index (κ3) is 6.72. The molecule has 0 aromatic carbocycles. The van der Waals surface area contributed by atoms with Crippen molar-refractivity contribution in [3.05, 3.63) is 0 Å². The monoisotopic (exact) mass is 309 g/mol. The highest BCUT2D eigenvalue weighted by Crippen LogP contribution is 2.17. The molecule has 0 spiro atoms. The van der Waals surface area contributed by atoms with Crippen molar-refractivity contribution in [3.8, 4) is 0 Å². The summed E-state index contributed by atoms with van der Waals surface area (Å²) in [6.07, 6.45) is 2.63. The molecule has 1 aliphatic heterocycles. The van der Waals surface area contributed by atoms with E-state index in [2.05, 4.69) is 20.8 Å². The van der Waals surface area contributed by atoms with E-state index in [0.29, 0.717) is 32.5 Å². The Morgan fingerprint density at radius 1 is 1.12 bits per heavy atom. The van der Waals surface area contributed by atoms with Crippen LogP contribution in [0.15, 0.2) is 0 Å². The van der Waals surface area contributed by atoms with E-state index in [1.54, 1.807) is 7.11 Å². The van der Waals surface area contributed by atoms with Gasteiger partial charge in [-0.3, -0.25) is 4.90 Å². The molecule has 1 fully saturated rings. The minimum atomic E-state index is 0.650. The first kappa shape index (κ1) is 15.4. The van der Waals surface area contributed by atoms with Crippen molar-refractivity contribution in [2.24, 2.45) is 0 Å². The van der Waals surface area contributed by atoms with Gasteiger partial charge in [-0.05, 0) is 19.4 Å². The van der Waals surface area contributed by atoms with Gasteiger partial charge >= 0.3 is 0 Å². The van der Waals surface area contributed by atoms with Crippen LogP contribution in [0.3, 0.4) is 0 Å². The van der Waals surface area contributed by atoms with Gasteiger partial charge in [-0.15, -0.1) is 0 Å². The number of nitrogens with zero attached hydrogens (tertiary/aromatic N) is 1. The summed E-state index contributed by atoms with van der Waals surface area (Å²) < 4.78 is 15.7. The molecule has 0 bridgehead atoms. The Morgan fingerprint density at radius 3 is 2.53 bits per heavy atom. The lowest BCUT2D eigenvalue weighted by Gasteiger charge is -2.22. The molecule has 0 radical (unpaired) electrons. The zero-order chi connectivity index (χ0) is 12.3. The maximum atomic E-state index is 5.55. The van der Waals surface area contributed by atoms with E-state index in [4.69, 9.17) is 14.2 Å². The molecule has 1 saturated heterocycles. The van der Waals surface area contributed by atoms with Gasteiger partial charge < -0.3 is 14.2 Å². The van der Waals surface area contributed by atoms with Crippen LogP contribution in [-0.4, -0.2) is 69.5 Å². The van der Waals surface area contributed by atoms with Gasteiger partial charge in [-0.25, -0.2) is 0 Å². The number of hydrogen-bond donors (Lipinski definition) is 0. The van der Waals surface area contributed by atoms with Crippen molar-refractivity contribution in [2.75, 3.05) is 58.6 Å². The summed E-state index contributed by atoms with van der Waals surface area (Å²) in [7, 11) is 1.68. The summed E-state index contributed by atoms with van der Waals surface area (Å²) in [6.45, 7) is 5.69. The largest absolute Gasteiger partial charge is 0.382 e. The molecule has 0 aromatic rings. The van der Waals surface area contributed by atoms with Gasteiger partial charge in [0.2, 0.25) is 0 Å². The molecule has 17 heavy (non-hydrogen) atoms. The number of methoxy groups -OCH3 is 1. The Hall–Kier alpha value is 0.320. The highest BCUT2D eigenvalue weighted by atomic mass is 79.9. The van der Waals surface area contributed by atoms with Crippen LogP contribution in [-0.2, 0) is 14.2 Å². The van der Waals surface area contributed by atoms with E-state index in [-0.39, 0.29) is 0 Å². The standard InChI is InChI=1S/C12H24BrNO3/c1-15-7-8-17-10-9-16-6-5-14-4-2-3-12(14)11-13/h12H,2-11H2,1H3. The Balaban J connectivity index is 1.87. The number of likely N-dealkylation sites (tertiary alicyclic amines) is 1.